The Balaban J connectivity index is 1.51. The molecule has 1 aliphatic rings. The molecular formula is C29H28F6O. The number of halogens is 6. The fraction of sp³-hybridized carbons (Fsp3) is 0.379. The lowest BCUT2D eigenvalue weighted by molar-refractivity contribution is -0.189. The molecule has 192 valence electrons. The third kappa shape index (κ3) is 5.88. The maximum absolute atomic E-state index is 14.8. The standard InChI is InChI=1S/C29H28F6O/c1-17-3-7-19(8-4-17)9-10-20-13-25(32)28(26(33)14-20)29(34,35)36-22-15-23(30)27(24(31)16-22)21-11-5-18(2)6-12-21/h5-6,11-17,19H,3-4,7-10H2,1-2H3. The summed E-state index contributed by atoms with van der Waals surface area (Å²) in [5, 5.41) is 0. The molecule has 1 fully saturated rings. The quantitative estimate of drug-likeness (QED) is 0.290. The highest BCUT2D eigenvalue weighted by molar-refractivity contribution is 5.66. The molecular weight excluding hydrogens is 478 g/mol. The highest BCUT2D eigenvalue weighted by atomic mass is 19.3. The maximum Gasteiger partial charge on any atom is 0.432 e. The van der Waals surface area contributed by atoms with Crippen LogP contribution in [0.4, 0.5) is 26.3 Å². The second kappa shape index (κ2) is 10.6. The van der Waals surface area contributed by atoms with Gasteiger partial charge >= 0.3 is 6.11 Å². The maximum atomic E-state index is 14.8. The molecule has 0 aliphatic heterocycles. The van der Waals surface area contributed by atoms with Crippen molar-refractivity contribution in [3.8, 4) is 16.9 Å². The Labute approximate surface area is 207 Å². The normalized spacial score (nSPS) is 18.3. The Morgan fingerprint density at radius 1 is 0.806 bits per heavy atom. The summed E-state index contributed by atoms with van der Waals surface area (Å²) in [6.45, 7) is 4.00. The minimum absolute atomic E-state index is 0.212. The molecule has 0 N–H and O–H groups in total. The molecule has 0 radical (unpaired) electrons. The smallest absolute Gasteiger partial charge is 0.429 e. The van der Waals surface area contributed by atoms with Crippen LogP contribution in [0.2, 0.25) is 0 Å². The van der Waals surface area contributed by atoms with Gasteiger partial charge in [0.15, 0.2) is 0 Å². The molecule has 3 aromatic rings. The minimum Gasteiger partial charge on any atom is -0.429 e. The third-order valence-electron chi connectivity index (χ3n) is 6.97. The van der Waals surface area contributed by atoms with Crippen LogP contribution in [0.5, 0.6) is 5.75 Å². The Kier molecular flexibility index (Phi) is 7.67. The van der Waals surface area contributed by atoms with Crippen molar-refractivity contribution in [3.05, 3.63) is 88.5 Å². The molecule has 36 heavy (non-hydrogen) atoms. The lowest BCUT2D eigenvalue weighted by atomic mass is 9.80. The first-order valence-electron chi connectivity index (χ1n) is 12.1. The topological polar surface area (TPSA) is 9.23 Å². The van der Waals surface area contributed by atoms with Crippen LogP contribution < -0.4 is 4.74 Å². The number of ether oxygens (including phenoxy) is 1. The van der Waals surface area contributed by atoms with Gasteiger partial charge in [-0.2, -0.15) is 8.78 Å². The number of hydrogen-bond acceptors (Lipinski definition) is 1. The van der Waals surface area contributed by atoms with E-state index in [-0.39, 0.29) is 11.1 Å². The number of alkyl halides is 2. The van der Waals surface area contributed by atoms with Crippen LogP contribution in [0.1, 0.15) is 55.7 Å². The van der Waals surface area contributed by atoms with Crippen molar-refractivity contribution in [1.82, 2.24) is 0 Å². The van der Waals surface area contributed by atoms with Crippen LogP contribution in [0.3, 0.4) is 0 Å². The summed E-state index contributed by atoms with van der Waals surface area (Å²) in [5.41, 5.74) is -0.647. The van der Waals surface area contributed by atoms with Crippen molar-refractivity contribution in [1.29, 1.82) is 0 Å². The van der Waals surface area contributed by atoms with Crippen molar-refractivity contribution in [2.45, 2.75) is 58.5 Å². The van der Waals surface area contributed by atoms with E-state index in [1.54, 1.807) is 19.1 Å². The lowest BCUT2D eigenvalue weighted by Gasteiger charge is -2.26. The molecule has 0 atom stereocenters. The van der Waals surface area contributed by atoms with Crippen LogP contribution in [-0.4, -0.2) is 0 Å². The van der Waals surface area contributed by atoms with Gasteiger partial charge in [0.2, 0.25) is 0 Å². The summed E-state index contributed by atoms with van der Waals surface area (Å²) in [7, 11) is 0. The van der Waals surface area contributed by atoms with Crippen LogP contribution >= 0.6 is 0 Å². The lowest BCUT2D eigenvalue weighted by Crippen LogP contribution is -2.25. The van der Waals surface area contributed by atoms with Crippen molar-refractivity contribution < 1.29 is 31.1 Å². The summed E-state index contributed by atoms with van der Waals surface area (Å²) < 4.78 is 92.6. The van der Waals surface area contributed by atoms with Gasteiger partial charge in [0.1, 0.15) is 34.6 Å². The predicted octanol–water partition coefficient (Wildman–Crippen LogP) is 9.11. The number of hydrogen-bond donors (Lipinski definition) is 0. The van der Waals surface area contributed by atoms with Crippen molar-refractivity contribution in [2.75, 3.05) is 0 Å². The van der Waals surface area contributed by atoms with E-state index in [1.807, 2.05) is 0 Å². The molecule has 1 saturated carbocycles. The zero-order valence-corrected chi connectivity index (χ0v) is 20.2. The van der Waals surface area contributed by atoms with Crippen molar-refractivity contribution >= 4 is 0 Å². The van der Waals surface area contributed by atoms with Gasteiger partial charge in [0.05, 0.1) is 5.56 Å². The van der Waals surface area contributed by atoms with E-state index in [0.29, 0.717) is 30.4 Å². The average Bonchev–Trinajstić information content (AvgIpc) is 2.78. The van der Waals surface area contributed by atoms with Gasteiger partial charge in [-0.1, -0.05) is 62.4 Å². The predicted molar refractivity (Wildman–Crippen MR) is 127 cm³/mol. The molecule has 0 amide bonds. The molecule has 1 nitrogen and oxygen atoms in total. The van der Waals surface area contributed by atoms with Crippen LogP contribution in [0, 0.1) is 42.0 Å². The van der Waals surface area contributed by atoms with Gasteiger partial charge in [-0.3, -0.25) is 0 Å². The van der Waals surface area contributed by atoms with E-state index in [9.17, 15) is 26.3 Å². The molecule has 0 aromatic heterocycles. The SMILES string of the molecule is Cc1ccc(-c2c(F)cc(OC(F)(F)c3c(F)cc(CCC4CCC(C)CC4)cc3F)cc2F)cc1. The number of benzene rings is 3. The van der Waals surface area contributed by atoms with E-state index in [1.165, 1.54) is 12.1 Å². The summed E-state index contributed by atoms with van der Waals surface area (Å²) in [6, 6.07) is 9.18. The van der Waals surface area contributed by atoms with Gasteiger partial charge in [0, 0.05) is 12.1 Å². The van der Waals surface area contributed by atoms with E-state index >= 15 is 0 Å². The molecule has 4 rings (SSSR count). The van der Waals surface area contributed by atoms with Gasteiger partial charge in [-0.05, 0) is 54.9 Å². The fourth-order valence-corrected chi connectivity index (χ4v) is 4.84. The Morgan fingerprint density at radius 3 is 1.92 bits per heavy atom. The van der Waals surface area contributed by atoms with E-state index in [0.717, 1.165) is 49.8 Å². The third-order valence-corrected chi connectivity index (χ3v) is 6.97. The Morgan fingerprint density at radius 2 is 1.36 bits per heavy atom. The highest BCUT2D eigenvalue weighted by Gasteiger charge is 2.41. The van der Waals surface area contributed by atoms with Crippen molar-refractivity contribution in [2.24, 2.45) is 11.8 Å². The molecule has 7 heteroatoms. The molecule has 0 heterocycles. The van der Waals surface area contributed by atoms with Gasteiger partial charge in [0.25, 0.3) is 0 Å². The van der Waals surface area contributed by atoms with Gasteiger partial charge < -0.3 is 4.74 Å². The molecule has 0 spiro atoms. The molecule has 0 unspecified atom stereocenters. The van der Waals surface area contributed by atoms with Gasteiger partial charge in [-0.15, -0.1) is 0 Å². The zero-order valence-electron chi connectivity index (χ0n) is 20.2. The van der Waals surface area contributed by atoms with E-state index in [4.69, 9.17) is 0 Å². The Bertz CT molecular complexity index is 1170. The zero-order chi connectivity index (χ0) is 26.0. The second-order valence-electron chi connectivity index (χ2n) is 9.85. The molecule has 0 saturated heterocycles. The first kappa shape index (κ1) is 26.1. The van der Waals surface area contributed by atoms with E-state index < -0.39 is 46.3 Å². The van der Waals surface area contributed by atoms with Crippen molar-refractivity contribution in [3.63, 3.8) is 0 Å². The second-order valence-corrected chi connectivity index (χ2v) is 9.85. The van der Waals surface area contributed by atoms with E-state index in [2.05, 4.69) is 11.7 Å². The highest BCUT2D eigenvalue weighted by Crippen LogP contribution is 2.38. The molecule has 0 bridgehead atoms. The molecule has 1 aliphatic carbocycles. The van der Waals surface area contributed by atoms with Crippen LogP contribution in [0.15, 0.2) is 48.5 Å². The number of rotatable bonds is 7. The minimum atomic E-state index is -4.49. The Hall–Kier alpha value is -2.96. The summed E-state index contributed by atoms with van der Waals surface area (Å²) in [4.78, 5) is 0. The van der Waals surface area contributed by atoms with Gasteiger partial charge in [-0.25, -0.2) is 17.6 Å². The van der Waals surface area contributed by atoms with Crippen LogP contribution in [0.25, 0.3) is 11.1 Å². The summed E-state index contributed by atoms with van der Waals surface area (Å²) in [5.74, 6) is -4.98. The largest absolute Gasteiger partial charge is 0.432 e. The molecule has 3 aromatic carbocycles. The first-order valence-corrected chi connectivity index (χ1v) is 12.1. The fourth-order valence-electron chi connectivity index (χ4n) is 4.84. The first-order chi connectivity index (χ1) is 17.0. The average molecular weight is 507 g/mol. The summed E-state index contributed by atoms with van der Waals surface area (Å²) >= 11 is 0. The number of aryl methyl sites for hydroxylation is 2. The monoisotopic (exact) mass is 506 g/mol. The van der Waals surface area contributed by atoms with Crippen LogP contribution in [-0.2, 0) is 12.5 Å². The summed E-state index contributed by atoms with van der Waals surface area (Å²) in [6.07, 6.45) is 0.931.